The molecule has 1 saturated heterocycles. The van der Waals surface area contributed by atoms with E-state index in [0.29, 0.717) is 12.8 Å². The largest absolute Gasteiger partial charge is 0.496 e. The Bertz CT molecular complexity index is 1270. The Labute approximate surface area is 222 Å². The van der Waals surface area contributed by atoms with Crippen molar-refractivity contribution < 1.29 is 33.7 Å². The predicted molar refractivity (Wildman–Crippen MR) is 143 cm³/mol. The van der Waals surface area contributed by atoms with E-state index in [2.05, 4.69) is 5.32 Å². The monoisotopic (exact) mass is 524 g/mol. The average Bonchev–Trinajstić information content (AvgIpc) is 3.28. The van der Waals surface area contributed by atoms with Crippen LogP contribution in [0.3, 0.4) is 0 Å². The molecule has 9 nitrogen and oxygen atoms in total. The lowest BCUT2D eigenvalue weighted by Crippen LogP contribution is -2.57. The van der Waals surface area contributed by atoms with Gasteiger partial charge in [-0.05, 0) is 52.8 Å². The second-order valence-corrected chi connectivity index (χ2v) is 11.0. The van der Waals surface area contributed by atoms with E-state index in [0.717, 1.165) is 27.6 Å². The topological polar surface area (TPSA) is 114 Å². The predicted octanol–water partition coefficient (Wildman–Crippen LogP) is 4.32. The minimum atomic E-state index is -1.13. The lowest BCUT2D eigenvalue weighted by molar-refractivity contribution is -0.150. The Hall–Kier alpha value is -3.59. The molecule has 5 bridgehead atoms. The van der Waals surface area contributed by atoms with Gasteiger partial charge in [-0.1, -0.05) is 45.1 Å². The van der Waals surface area contributed by atoms with Crippen molar-refractivity contribution in [2.75, 3.05) is 27.4 Å². The van der Waals surface area contributed by atoms with E-state index < -0.39 is 41.1 Å². The number of amides is 2. The summed E-state index contributed by atoms with van der Waals surface area (Å²) in [6.45, 7) is 5.65. The number of hydrogen-bond donors (Lipinski definition) is 2. The van der Waals surface area contributed by atoms with Crippen LogP contribution in [0.4, 0.5) is 4.79 Å². The van der Waals surface area contributed by atoms with Crippen LogP contribution in [-0.4, -0.2) is 67.4 Å². The summed E-state index contributed by atoms with van der Waals surface area (Å²) in [7, 11) is 3.15. The number of carboxylic acids is 1. The first-order valence-electron chi connectivity index (χ1n) is 12.8. The van der Waals surface area contributed by atoms with Gasteiger partial charge in [-0.25, -0.2) is 9.59 Å². The standard InChI is InChI=1S/C29H36N2O7/c1-28(2,3)24-25(32)31-17-29(37-5,16-22(31)26(33)34)21-11-10-18-15-23(36-4)19(13-20(18)14-21)9-7-6-8-12-38-27(35)30-24/h7,9-11,13-15,22,24H,6,8,12,16-17H2,1-5H3,(H,30,35)(H,33,34)/t22-,24+,29-/m0/s1. The van der Waals surface area contributed by atoms with Crippen LogP contribution in [0.1, 0.15) is 51.2 Å². The number of nitrogens with one attached hydrogen (secondary N) is 1. The number of allylic oxidation sites excluding steroid dienone is 1. The maximum absolute atomic E-state index is 13.9. The molecule has 2 N–H and O–H groups in total. The van der Waals surface area contributed by atoms with Crippen molar-refractivity contribution in [3.8, 4) is 5.75 Å². The molecule has 2 heterocycles. The van der Waals surface area contributed by atoms with Crippen molar-refractivity contribution in [2.24, 2.45) is 5.41 Å². The quantitative estimate of drug-likeness (QED) is 0.614. The zero-order valence-corrected chi connectivity index (χ0v) is 22.6. The second-order valence-electron chi connectivity index (χ2n) is 11.0. The molecule has 2 aliphatic heterocycles. The fraction of sp³-hybridized carbons (Fsp3) is 0.483. The van der Waals surface area contributed by atoms with Gasteiger partial charge in [0, 0.05) is 19.1 Å². The normalized spacial score (nSPS) is 24.7. The van der Waals surface area contributed by atoms with Gasteiger partial charge in [0.25, 0.3) is 0 Å². The number of alkyl carbamates (subject to hydrolysis) is 1. The molecule has 0 saturated carbocycles. The molecule has 2 amide bonds. The molecule has 3 atom stereocenters. The second kappa shape index (κ2) is 10.6. The van der Waals surface area contributed by atoms with Crippen LogP contribution in [0.25, 0.3) is 16.8 Å². The Morgan fingerprint density at radius 3 is 2.58 bits per heavy atom. The number of benzene rings is 2. The number of cyclic esters (lactones) is 1. The zero-order valence-electron chi connectivity index (χ0n) is 22.6. The van der Waals surface area contributed by atoms with E-state index in [1.807, 2.05) is 63.3 Å². The first kappa shape index (κ1) is 27.4. The van der Waals surface area contributed by atoms with Crippen LogP contribution < -0.4 is 10.1 Å². The number of hydrogen-bond acceptors (Lipinski definition) is 6. The van der Waals surface area contributed by atoms with Crippen molar-refractivity contribution in [3.63, 3.8) is 0 Å². The molecule has 0 aliphatic carbocycles. The Morgan fingerprint density at radius 2 is 1.92 bits per heavy atom. The summed E-state index contributed by atoms with van der Waals surface area (Å²) in [5.41, 5.74) is -0.0746. The molecule has 0 radical (unpaired) electrons. The Morgan fingerprint density at radius 1 is 1.16 bits per heavy atom. The summed E-state index contributed by atoms with van der Waals surface area (Å²) in [5.74, 6) is -0.890. The number of aliphatic carboxylic acids is 1. The van der Waals surface area contributed by atoms with Gasteiger partial charge >= 0.3 is 12.1 Å². The molecule has 2 aliphatic rings. The van der Waals surface area contributed by atoms with Crippen molar-refractivity contribution in [3.05, 3.63) is 47.5 Å². The van der Waals surface area contributed by atoms with E-state index >= 15 is 0 Å². The van der Waals surface area contributed by atoms with Crippen molar-refractivity contribution in [2.45, 2.75) is 57.7 Å². The van der Waals surface area contributed by atoms with E-state index in [4.69, 9.17) is 14.2 Å². The summed E-state index contributed by atoms with van der Waals surface area (Å²) in [5, 5.41) is 14.7. The molecule has 0 unspecified atom stereocenters. The highest BCUT2D eigenvalue weighted by molar-refractivity contribution is 5.91. The zero-order chi connectivity index (χ0) is 27.7. The molecule has 2 aromatic carbocycles. The van der Waals surface area contributed by atoms with E-state index in [-0.39, 0.29) is 19.6 Å². The minimum absolute atomic E-state index is 0.0248. The van der Waals surface area contributed by atoms with E-state index in [1.54, 1.807) is 7.11 Å². The van der Waals surface area contributed by atoms with Crippen molar-refractivity contribution >= 4 is 34.8 Å². The van der Waals surface area contributed by atoms with Crippen LogP contribution in [-0.2, 0) is 24.7 Å². The van der Waals surface area contributed by atoms with Gasteiger partial charge in [-0.15, -0.1) is 0 Å². The highest BCUT2D eigenvalue weighted by atomic mass is 16.5. The lowest BCUT2D eigenvalue weighted by Gasteiger charge is -2.35. The Balaban J connectivity index is 1.85. The SMILES string of the molecule is COc1cc2ccc3cc2cc1C=CCCCOC(=O)N[C@@H](C(C)(C)C)C(=O)N1C[C@@]3(OC)C[C@H]1C(=O)O. The van der Waals surface area contributed by atoms with Gasteiger partial charge in [0.2, 0.25) is 5.91 Å². The van der Waals surface area contributed by atoms with Gasteiger partial charge in [0.1, 0.15) is 23.4 Å². The maximum atomic E-state index is 13.9. The number of rotatable bonds is 3. The third kappa shape index (κ3) is 5.34. The number of nitrogens with zero attached hydrogens (tertiary/aromatic N) is 1. The molecule has 9 heteroatoms. The van der Waals surface area contributed by atoms with Gasteiger partial charge < -0.3 is 29.5 Å². The first-order valence-corrected chi connectivity index (χ1v) is 12.8. The molecule has 0 aromatic heterocycles. The van der Waals surface area contributed by atoms with Crippen LogP contribution in [0.5, 0.6) is 5.75 Å². The van der Waals surface area contributed by atoms with Crippen LogP contribution in [0, 0.1) is 5.41 Å². The van der Waals surface area contributed by atoms with Gasteiger partial charge in [-0.3, -0.25) is 4.79 Å². The van der Waals surface area contributed by atoms with Crippen molar-refractivity contribution in [1.29, 1.82) is 0 Å². The molecule has 0 spiro atoms. The highest BCUT2D eigenvalue weighted by Crippen LogP contribution is 2.42. The minimum Gasteiger partial charge on any atom is -0.496 e. The molecule has 4 rings (SSSR count). The van der Waals surface area contributed by atoms with Crippen LogP contribution in [0.15, 0.2) is 36.4 Å². The maximum Gasteiger partial charge on any atom is 0.407 e. The van der Waals surface area contributed by atoms with Gasteiger partial charge in [0.05, 0.1) is 20.3 Å². The summed E-state index contributed by atoms with van der Waals surface area (Å²) in [6, 6.07) is 7.71. The lowest BCUT2D eigenvalue weighted by atomic mass is 9.85. The summed E-state index contributed by atoms with van der Waals surface area (Å²) >= 11 is 0. The number of carboxylic acid groups (broad SMARTS) is 1. The van der Waals surface area contributed by atoms with Crippen molar-refractivity contribution in [1.82, 2.24) is 10.2 Å². The Kier molecular flexibility index (Phi) is 7.69. The molecule has 38 heavy (non-hydrogen) atoms. The van der Waals surface area contributed by atoms with E-state index in [1.165, 1.54) is 12.0 Å². The molecule has 1 fully saturated rings. The molecule has 204 valence electrons. The summed E-state index contributed by atoms with van der Waals surface area (Å²) < 4.78 is 16.9. The average molecular weight is 525 g/mol. The first-order chi connectivity index (χ1) is 18.0. The number of carbonyl (C=O) groups is 3. The highest BCUT2D eigenvalue weighted by Gasteiger charge is 2.52. The van der Waals surface area contributed by atoms with Crippen LogP contribution in [0.2, 0.25) is 0 Å². The molecule has 2 aromatic rings. The fourth-order valence-corrected chi connectivity index (χ4v) is 5.23. The summed E-state index contributed by atoms with van der Waals surface area (Å²) in [4.78, 5) is 40.2. The molecular weight excluding hydrogens is 488 g/mol. The van der Waals surface area contributed by atoms with E-state index in [9.17, 15) is 19.5 Å². The van der Waals surface area contributed by atoms with Crippen LogP contribution >= 0.6 is 0 Å². The fourth-order valence-electron chi connectivity index (χ4n) is 5.23. The van der Waals surface area contributed by atoms with Gasteiger partial charge in [-0.2, -0.15) is 0 Å². The third-order valence-corrected chi connectivity index (χ3v) is 7.42. The number of methoxy groups -OCH3 is 2. The number of fused-ring (bicyclic) bond motifs is 5. The number of carbonyl (C=O) groups excluding carboxylic acids is 2. The van der Waals surface area contributed by atoms with Gasteiger partial charge in [0.15, 0.2) is 0 Å². The molecular formula is C29H36N2O7. The smallest absolute Gasteiger partial charge is 0.407 e. The number of ether oxygens (including phenoxy) is 3. The summed E-state index contributed by atoms with van der Waals surface area (Å²) in [6.07, 6.45) is 4.61. The third-order valence-electron chi connectivity index (χ3n) is 7.42.